The quantitative estimate of drug-likeness (QED) is 0.553. The molecule has 0 saturated carbocycles. The van der Waals surface area contributed by atoms with E-state index in [9.17, 15) is 0 Å². The summed E-state index contributed by atoms with van der Waals surface area (Å²) in [6, 6.07) is 0.932. The summed E-state index contributed by atoms with van der Waals surface area (Å²) in [6.45, 7) is 12.6. The molecule has 3 unspecified atom stereocenters. The Morgan fingerprint density at radius 1 is 1.04 bits per heavy atom. The van der Waals surface area contributed by atoms with Crippen molar-refractivity contribution in [2.75, 3.05) is 19.8 Å². The molecule has 6 heteroatoms. The van der Waals surface area contributed by atoms with Crippen molar-refractivity contribution in [1.29, 1.82) is 0 Å². The minimum atomic E-state index is -2.67. The molecule has 0 bridgehead atoms. The fourth-order valence-electron chi connectivity index (χ4n) is 3.93. The molecular weight excluding hydrogens is 320 g/mol. The molecule has 4 N–H and O–H groups in total. The van der Waals surface area contributed by atoms with Crippen LogP contribution in [0.1, 0.15) is 73.1 Å². The zero-order valence-corrected chi connectivity index (χ0v) is 17.5. The van der Waals surface area contributed by atoms with Crippen molar-refractivity contribution in [3.8, 4) is 0 Å². The van der Waals surface area contributed by atoms with Crippen LogP contribution >= 0.6 is 0 Å². The largest absolute Gasteiger partial charge is 0.393 e. The molecule has 1 heterocycles. The Morgan fingerprint density at radius 3 is 2.04 bits per heavy atom. The van der Waals surface area contributed by atoms with Gasteiger partial charge in [-0.1, -0.05) is 20.8 Å². The van der Waals surface area contributed by atoms with Crippen molar-refractivity contribution < 1.29 is 13.6 Å². The summed E-state index contributed by atoms with van der Waals surface area (Å²) in [5.74, 6) is 0. The number of rotatable bonds is 11. The smallest absolute Gasteiger partial charge is 0.373 e. The van der Waals surface area contributed by atoms with Gasteiger partial charge in [-0.15, -0.1) is 0 Å². The minimum Gasteiger partial charge on any atom is -0.393 e. The first-order chi connectivity index (χ1) is 11.3. The second kappa shape index (κ2) is 9.64. The highest BCUT2D eigenvalue weighted by Gasteiger charge is 2.68. The maximum absolute atomic E-state index is 6.86. The fourth-order valence-corrected chi connectivity index (χ4v) is 8.83. The first-order valence-corrected chi connectivity index (χ1v) is 11.8. The van der Waals surface area contributed by atoms with Gasteiger partial charge in [0.05, 0.1) is 0 Å². The van der Waals surface area contributed by atoms with Gasteiger partial charge in [0.15, 0.2) is 0 Å². The van der Waals surface area contributed by atoms with Gasteiger partial charge in [-0.05, 0) is 58.4 Å². The third-order valence-electron chi connectivity index (χ3n) is 4.98. The van der Waals surface area contributed by atoms with E-state index in [4.69, 9.17) is 25.1 Å². The van der Waals surface area contributed by atoms with Crippen molar-refractivity contribution in [2.24, 2.45) is 11.5 Å². The summed E-state index contributed by atoms with van der Waals surface area (Å²) >= 11 is 0. The van der Waals surface area contributed by atoms with E-state index in [0.717, 1.165) is 38.1 Å². The molecule has 1 saturated heterocycles. The predicted molar refractivity (Wildman–Crippen MR) is 102 cm³/mol. The molecular formula is C18H40N2O3Si. The molecule has 0 radical (unpaired) electrons. The van der Waals surface area contributed by atoms with Crippen molar-refractivity contribution in [3.05, 3.63) is 0 Å². The summed E-state index contributed by atoms with van der Waals surface area (Å²) in [5, 5.41) is -0.591. The van der Waals surface area contributed by atoms with Crippen LogP contribution < -0.4 is 11.5 Å². The molecule has 0 aromatic heterocycles. The highest BCUT2D eigenvalue weighted by molar-refractivity contribution is 6.71. The monoisotopic (exact) mass is 360 g/mol. The third-order valence-corrected chi connectivity index (χ3v) is 9.48. The average Bonchev–Trinajstić information content (AvgIpc) is 2.52. The molecule has 24 heavy (non-hydrogen) atoms. The lowest BCUT2D eigenvalue weighted by atomic mass is 9.85. The maximum atomic E-state index is 6.86. The van der Waals surface area contributed by atoms with Crippen molar-refractivity contribution >= 4 is 8.56 Å². The van der Waals surface area contributed by atoms with Crippen LogP contribution in [0.5, 0.6) is 0 Å². The average molecular weight is 361 g/mol. The molecule has 1 aliphatic rings. The van der Waals surface area contributed by atoms with E-state index in [2.05, 4.69) is 27.7 Å². The lowest BCUT2D eigenvalue weighted by molar-refractivity contribution is -0.0935. The molecule has 1 rings (SSSR count). The van der Waals surface area contributed by atoms with Gasteiger partial charge in [0.2, 0.25) is 0 Å². The molecule has 0 aromatic rings. The molecule has 0 aromatic carbocycles. The molecule has 0 spiro atoms. The number of ether oxygens (including phenoxy) is 1. The Balaban J connectivity index is 3.37. The third kappa shape index (κ3) is 4.59. The summed E-state index contributed by atoms with van der Waals surface area (Å²) in [6.07, 6.45) is 5.52. The summed E-state index contributed by atoms with van der Waals surface area (Å²) < 4.78 is 19.6. The van der Waals surface area contributed by atoms with E-state index < -0.39 is 19.3 Å². The van der Waals surface area contributed by atoms with Gasteiger partial charge < -0.3 is 25.1 Å². The van der Waals surface area contributed by atoms with E-state index in [1.54, 1.807) is 0 Å². The van der Waals surface area contributed by atoms with Gasteiger partial charge in [-0.3, -0.25) is 0 Å². The SMILES string of the molecule is CCCOC1(CC(C)N)C(C)(N)CCC[Si]1(OCCC)OCCC. The number of hydrogen-bond donors (Lipinski definition) is 2. The number of nitrogens with two attached hydrogens (primary N) is 2. The van der Waals surface area contributed by atoms with Gasteiger partial charge in [0.25, 0.3) is 0 Å². The predicted octanol–water partition coefficient (Wildman–Crippen LogP) is 3.23. The number of hydrogen-bond acceptors (Lipinski definition) is 5. The standard InChI is InChI=1S/C18H40N2O3Si/c1-6-11-21-18(15-16(4)19)17(5,20)10-9-14-24(18,22-12-7-2)23-13-8-3/h16H,6-15,19-20H2,1-5H3. The molecule has 0 aliphatic carbocycles. The second-order valence-corrected chi connectivity index (χ2v) is 11.0. The highest BCUT2D eigenvalue weighted by Crippen LogP contribution is 2.48. The van der Waals surface area contributed by atoms with Crippen LogP contribution in [0.15, 0.2) is 0 Å². The van der Waals surface area contributed by atoms with Crippen LogP contribution in [0.4, 0.5) is 0 Å². The summed E-state index contributed by atoms with van der Waals surface area (Å²) in [5.41, 5.74) is 12.6. The second-order valence-electron chi connectivity index (χ2n) is 7.58. The lowest BCUT2D eigenvalue weighted by Gasteiger charge is -2.58. The van der Waals surface area contributed by atoms with Crippen LogP contribution in [-0.2, 0) is 13.6 Å². The van der Waals surface area contributed by atoms with E-state index in [1.807, 2.05) is 6.92 Å². The Kier molecular flexibility index (Phi) is 8.86. The van der Waals surface area contributed by atoms with E-state index >= 15 is 0 Å². The Morgan fingerprint density at radius 2 is 1.58 bits per heavy atom. The fraction of sp³-hybridized carbons (Fsp3) is 1.00. The molecule has 5 nitrogen and oxygen atoms in total. The molecule has 1 fully saturated rings. The minimum absolute atomic E-state index is 0.00911. The lowest BCUT2D eigenvalue weighted by Crippen LogP contribution is -2.79. The normalized spacial score (nSPS) is 31.1. The van der Waals surface area contributed by atoms with Crippen molar-refractivity contribution in [1.82, 2.24) is 0 Å². The van der Waals surface area contributed by atoms with Crippen LogP contribution in [0, 0.1) is 0 Å². The summed E-state index contributed by atoms with van der Waals surface area (Å²) in [7, 11) is -2.67. The zero-order valence-electron chi connectivity index (χ0n) is 16.5. The zero-order chi connectivity index (χ0) is 18.3. The maximum Gasteiger partial charge on any atom is 0.373 e. The molecule has 3 atom stereocenters. The van der Waals surface area contributed by atoms with Crippen molar-refractivity contribution in [2.45, 2.75) is 96.0 Å². The van der Waals surface area contributed by atoms with Crippen LogP contribution in [0.25, 0.3) is 0 Å². The Hall–Kier alpha value is 0.0169. The van der Waals surface area contributed by atoms with Crippen LogP contribution in [0.3, 0.4) is 0 Å². The van der Waals surface area contributed by atoms with Gasteiger partial charge in [-0.25, -0.2) is 0 Å². The molecule has 144 valence electrons. The van der Waals surface area contributed by atoms with Gasteiger partial charge in [-0.2, -0.15) is 0 Å². The van der Waals surface area contributed by atoms with E-state index in [1.165, 1.54) is 0 Å². The first kappa shape index (κ1) is 22.1. The summed E-state index contributed by atoms with van der Waals surface area (Å²) in [4.78, 5) is 0. The van der Waals surface area contributed by atoms with Crippen LogP contribution in [0.2, 0.25) is 6.04 Å². The highest BCUT2D eigenvalue weighted by atomic mass is 28.4. The topological polar surface area (TPSA) is 79.7 Å². The Labute approximate surface area is 150 Å². The van der Waals surface area contributed by atoms with Gasteiger partial charge >= 0.3 is 8.56 Å². The molecule has 1 aliphatic heterocycles. The van der Waals surface area contributed by atoms with Crippen LogP contribution in [-0.4, -0.2) is 45.2 Å². The molecule has 0 amide bonds. The van der Waals surface area contributed by atoms with E-state index in [0.29, 0.717) is 26.2 Å². The first-order valence-electron chi connectivity index (χ1n) is 9.77. The van der Waals surface area contributed by atoms with E-state index in [-0.39, 0.29) is 6.04 Å². The Bertz CT molecular complexity index is 358. The van der Waals surface area contributed by atoms with Gasteiger partial charge in [0.1, 0.15) is 5.22 Å². The van der Waals surface area contributed by atoms with Crippen molar-refractivity contribution in [3.63, 3.8) is 0 Å². The van der Waals surface area contributed by atoms with Gasteiger partial charge in [0, 0.05) is 31.4 Å².